The summed E-state index contributed by atoms with van der Waals surface area (Å²) in [6, 6.07) is 8.24. The fourth-order valence-electron chi connectivity index (χ4n) is 1.89. The molecule has 0 saturated carbocycles. The molecule has 0 amide bonds. The van der Waals surface area contributed by atoms with Crippen molar-refractivity contribution in [3.63, 3.8) is 0 Å². The second-order valence-electron chi connectivity index (χ2n) is 3.96. The van der Waals surface area contributed by atoms with Crippen molar-refractivity contribution in [1.29, 1.82) is 0 Å². The van der Waals surface area contributed by atoms with E-state index in [4.69, 9.17) is 5.11 Å². The van der Waals surface area contributed by atoms with E-state index in [1.54, 1.807) is 6.07 Å². The second-order valence-corrected chi connectivity index (χ2v) is 3.96. The third-order valence-electron chi connectivity index (χ3n) is 2.73. The minimum absolute atomic E-state index is 0.0349. The maximum Gasteiger partial charge on any atom is 0.335 e. The molecule has 1 aromatic heterocycles. The first-order valence-electron chi connectivity index (χ1n) is 5.22. The molecule has 0 saturated heterocycles. The van der Waals surface area contributed by atoms with Gasteiger partial charge in [-0.2, -0.15) is 0 Å². The zero-order valence-corrected chi connectivity index (χ0v) is 9.64. The number of aromatic nitrogens is 1. The third kappa shape index (κ3) is 1.89. The lowest BCUT2D eigenvalue weighted by atomic mass is 10.2. The van der Waals surface area contributed by atoms with Crippen molar-refractivity contribution in [3.8, 4) is 11.4 Å². The molecule has 1 aromatic carbocycles. The van der Waals surface area contributed by atoms with Gasteiger partial charge in [-0.1, -0.05) is 0 Å². The van der Waals surface area contributed by atoms with Gasteiger partial charge in [0, 0.05) is 11.4 Å². The summed E-state index contributed by atoms with van der Waals surface area (Å²) >= 11 is 0. The minimum atomic E-state index is -1.05. The van der Waals surface area contributed by atoms with Crippen LogP contribution in [0, 0.1) is 13.8 Å². The van der Waals surface area contributed by atoms with Gasteiger partial charge < -0.3 is 14.8 Å². The molecule has 0 fully saturated rings. The van der Waals surface area contributed by atoms with E-state index >= 15 is 0 Å². The number of aryl methyl sites for hydroxylation is 2. The second kappa shape index (κ2) is 3.97. The van der Waals surface area contributed by atoms with Gasteiger partial charge in [-0.05, 0) is 44.2 Å². The predicted molar refractivity (Wildman–Crippen MR) is 63.9 cm³/mol. The van der Waals surface area contributed by atoms with Gasteiger partial charge in [-0.3, -0.25) is 0 Å². The lowest BCUT2D eigenvalue weighted by Crippen LogP contribution is -2.01. The smallest absolute Gasteiger partial charge is 0.335 e. The highest BCUT2D eigenvalue weighted by atomic mass is 16.4. The van der Waals surface area contributed by atoms with Gasteiger partial charge in [0.05, 0.1) is 11.3 Å². The Morgan fingerprint density at radius 2 is 1.71 bits per heavy atom. The maximum absolute atomic E-state index is 10.8. The Morgan fingerprint density at radius 3 is 2.18 bits per heavy atom. The third-order valence-corrected chi connectivity index (χ3v) is 2.73. The standard InChI is InChI=1S/C13H13NO3/c1-8-3-4-9(2)14(8)11-6-5-10(13(16)17)7-12(11)15/h3-7,15H,1-2H3,(H,16,17). The molecular formula is C13H13NO3. The summed E-state index contributed by atoms with van der Waals surface area (Å²) in [6.07, 6.45) is 0. The molecule has 4 heteroatoms. The van der Waals surface area contributed by atoms with E-state index in [9.17, 15) is 9.90 Å². The normalized spacial score (nSPS) is 10.5. The number of hydrogen-bond acceptors (Lipinski definition) is 2. The molecule has 0 bridgehead atoms. The van der Waals surface area contributed by atoms with Crippen LogP contribution in [-0.4, -0.2) is 20.7 Å². The molecule has 1 heterocycles. The molecule has 0 atom stereocenters. The quantitative estimate of drug-likeness (QED) is 0.834. The Labute approximate surface area is 98.8 Å². The van der Waals surface area contributed by atoms with Gasteiger partial charge in [0.2, 0.25) is 0 Å². The summed E-state index contributed by atoms with van der Waals surface area (Å²) in [4.78, 5) is 10.8. The van der Waals surface area contributed by atoms with Crippen LogP contribution in [0.2, 0.25) is 0 Å². The Bertz CT molecular complexity index is 565. The Kier molecular flexibility index (Phi) is 2.63. The minimum Gasteiger partial charge on any atom is -0.506 e. The molecule has 2 N–H and O–H groups in total. The lowest BCUT2D eigenvalue weighted by molar-refractivity contribution is 0.0696. The first-order valence-corrected chi connectivity index (χ1v) is 5.22. The molecule has 0 radical (unpaired) electrons. The van der Waals surface area contributed by atoms with Crippen molar-refractivity contribution in [2.24, 2.45) is 0 Å². The fraction of sp³-hybridized carbons (Fsp3) is 0.154. The van der Waals surface area contributed by atoms with Crippen LogP contribution < -0.4 is 0 Å². The van der Waals surface area contributed by atoms with Crippen LogP contribution >= 0.6 is 0 Å². The highest BCUT2D eigenvalue weighted by molar-refractivity contribution is 5.88. The zero-order valence-electron chi connectivity index (χ0n) is 9.64. The monoisotopic (exact) mass is 231 g/mol. The fourth-order valence-corrected chi connectivity index (χ4v) is 1.89. The topological polar surface area (TPSA) is 62.5 Å². The summed E-state index contributed by atoms with van der Waals surface area (Å²) in [5, 5.41) is 18.7. The largest absolute Gasteiger partial charge is 0.506 e. The summed E-state index contributed by atoms with van der Waals surface area (Å²) < 4.78 is 1.88. The first kappa shape index (κ1) is 11.3. The average Bonchev–Trinajstić information content (AvgIpc) is 2.59. The zero-order chi connectivity index (χ0) is 12.6. The predicted octanol–water partition coefficient (Wildman–Crippen LogP) is 2.50. The Morgan fingerprint density at radius 1 is 1.12 bits per heavy atom. The number of aromatic hydroxyl groups is 1. The van der Waals surface area contributed by atoms with Crippen molar-refractivity contribution in [2.75, 3.05) is 0 Å². The van der Waals surface area contributed by atoms with E-state index in [1.807, 2.05) is 30.5 Å². The van der Waals surface area contributed by atoms with Crippen LogP contribution in [0.4, 0.5) is 0 Å². The van der Waals surface area contributed by atoms with Gasteiger partial charge in [0.15, 0.2) is 0 Å². The van der Waals surface area contributed by atoms with Crippen LogP contribution in [0.5, 0.6) is 5.75 Å². The SMILES string of the molecule is Cc1ccc(C)n1-c1ccc(C(=O)O)cc1O. The highest BCUT2D eigenvalue weighted by Crippen LogP contribution is 2.26. The van der Waals surface area contributed by atoms with Gasteiger partial charge in [0.25, 0.3) is 0 Å². The highest BCUT2D eigenvalue weighted by Gasteiger charge is 2.11. The number of nitrogens with zero attached hydrogens (tertiary/aromatic N) is 1. The molecule has 2 aromatic rings. The average molecular weight is 231 g/mol. The number of phenolic OH excluding ortho intramolecular Hbond substituents is 1. The van der Waals surface area contributed by atoms with E-state index in [-0.39, 0.29) is 11.3 Å². The molecule has 0 aliphatic carbocycles. The van der Waals surface area contributed by atoms with E-state index in [1.165, 1.54) is 12.1 Å². The van der Waals surface area contributed by atoms with Crippen LogP contribution in [0.15, 0.2) is 30.3 Å². The molecule has 0 unspecified atom stereocenters. The van der Waals surface area contributed by atoms with Crippen molar-refractivity contribution in [3.05, 3.63) is 47.3 Å². The van der Waals surface area contributed by atoms with E-state index < -0.39 is 5.97 Å². The van der Waals surface area contributed by atoms with Crippen LogP contribution in [0.1, 0.15) is 21.7 Å². The summed E-state index contributed by atoms with van der Waals surface area (Å²) in [7, 11) is 0. The molecular weight excluding hydrogens is 218 g/mol. The van der Waals surface area contributed by atoms with Crippen LogP contribution in [-0.2, 0) is 0 Å². The lowest BCUT2D eigenvalue weighted by Gasteiger charge is -2.11. The van der Waals surface area contributed by atoms with Gasteiger partial charge in [-0.25, -0.2) is 4.79 Å². The van der Waals surface area contributed by atoms with Crippen molar-refractivity contribution in [2.45, 2.75) is 13.8 Å². The number of hydrogen-bond donors (Lipinski definition) is 2. The van der Waals surface area contributed by atoms with E-state index in [0.29, 0.717) is 5.69 Å². The number of rotatable bonds is 2. The van der Waals surface area contributed by atoms with Gasteiger partial charge in [-0.15, -0.1) is 0 Å². The summed E-state index contributed by atoms with van der Waals surface area (Å²) in [5.74, 6) is -1.08. The number of carbonyl (C=O) groups is 1. The van der Waals surface area contributed by atoms with Crippen LogP contribution in [0.25, 0.3) is 5.69 Å². The number of benzene rings is 1. The van der Waals surface area contributed by atoms with Gasteiger partial charge >= 0.3 is 5.97 Å². The Hall–Kier alpha value is -2.23. The molecule has 2 rings (SSSR count). The summed E-state index contributed by atoms with van der Waals surface area (Å²) in [5.41, 5.74) is 2.64. The van der Waals surface area contributed by atoms with Crippen molar-refractivity contribution in [1.82, 2.24) is 4.57 Å². The van der Waals surface area contributed by atoms with Crippen molar-refractivity contribution < 1.29 is 15.0 Å². The van der Waals surface area contributed by atoms with Gasteiger partial charge in [0.1, 0.15) is 5.75 Å². The molecule has 88 valence electrons. The molecule has 0 spiro atoms. The van der Waals surface area contributed by atoms with E-state index in [0.717, 1.165) is 11.4 Å². The van der Waals surface area contributed by atoms with E-state index in [2.05, 4.69) is 0 Å². The number of aromatic carboxylic acids is 1. The molecule has 17 heavy (non-hydrogen) atoms. The van der Waals surface area contributed by atoms with Crippen molar-refractivity contribution >= 4 is 5.97 Å². The Balaban J connectivity index is 2.58. The maximum atomic E-state index is 10.8. The number of phenols is 1. The number of carboxylic acids is 1. The molecule has 0 aliphatic heterocycles. The summed E-state index contributed by atoms with van der Waals surface area (Å²) in [6.45, 7) is 3.86. The van der Waals surface area contributed by atoms with Crippen LogP contribution in [0.3, 0.4) is 0 Å². The molecule has 0 aliphatic rings. The molecule has 4 nitrogen and oxygen atoms in total. The first-order chi connectivity index (χ1) is 8.00. The number of carboxylic acid groups (broad SMARTS) is 1.